The first-order chi connectivity index (χ1) is 2.39. The van der Waals surface area contributed by atoms with Gasteiger partial charge in [-0.15, -0.1) is 0 Å². The van der Waals surface area contributed by atoms with E-state index in [1.807, 2.05) is 0 Å². The Kier molecular flexibility index (Phi) is 1.19. The Morgan fingerprint density at radius 3 is 1.80 bits per heavy atom. The van der Waals surface area contributed by atoms with Gasteiger partial charge in [0.1, 0.15) is 0 Å². The summed E-state index contributed by atoms with van der Waals surface area (Å²) >= 11 is 1.51. The fraction of sp³-hybridized carbons (Fsp3) is 1.00. The molecule has 0 unspecified atom stereocenters. The first kappa shape index (κ1) is 3.97. The predicted molar refractivity (Wildman–Crippen MR) is 24.7 cm³/mol. The van der Waals surface area contributed by atoms with Gasteiger partial charge in [-0.05, 0) is 0 Å². The van der Waals surface area contributed by atoms with Crippen molar-refractivity contribution >= 4 is 22.5 Å². The Morgan fingerprint density at radius 1 is 1.40 bits per heavy atom. The van der Waals surface area contributed by atoms with Gasteiger partial charge in [-0.1, -0.05) is 0 Å². The van der Waals surface area contributed by atoms with Gasteiger partial charge in [0.15, 0.2) is 0 Å². The van der Waals surface area contributed by atoms with E-state index in [0.717, 1.165) is 0 Å². The molecule has 0 nitrogen and oxygen atoms in total. The molecule has 0 aromatic carbocycles. The van der Waals surface area contributed by atoms with Gasteiger partial charge in [-0.25, -0.2) is 0 Å². The average Bonchev–Trinajstić information content (AvgIpc) is 1.30. The topological polar surface area (TPSA) is 0 Å². The van der Waals surface area contributed by atoms with Crippen molar-refractivity contribution in [2.24, 2.45) is 0 Å². The minimum absolute atomic E-state index is 1.19. The van der Waals surface area contributed by atoms with Crippen molar-refractivity contribution in [2.45, 2.75) is 23.2 Å². The zero-order chi connectivity index (χ0) is 3.70. The molecular weight excluding hydrogens is 167 g/mol. The summed E-state index contributed by atoms with van der Waals surface area (Å²) < 4.78 is 1.19. The summed E-state index contributed by atoms with van der Waals surface area (Å²) in [5.74, 6) is 0. The van der Waals surface area contributed by atoms with Gasteiger partial charge in [0.25, 0.3) is 0 Å². The minimum atomic E-state index is 1.19. The molecule has 0 saturated heterocycles. The molecule has 0 spiro atoms. The van der Waals surface area contributed by atoms with Gasteiger partial charge in [0, 0.05) is 0 Å². The van der Waals surface area contributed by atoms with E-state index in [-0.39, 0.29) is 0 Å². The predicted octanol–water partition coefficient (Wildman–Crippen LogP) is 0.860. The molecule has 1 aliphatic rings. The van der Waals surface area contributed by atoms with Gasteiger partial charge in [-0.2, -0.15) is 0 Å². The van der Waals surface area contributed by atoms with Crippen LogP contribution in [-0.2, 0) is 0 Å². The van der Waals surface area contributed by atoms with Gasteiger partial charge < -0.3 is 0 Å². The van der Waals surface area contributed by atoms with Gasteiger partial charge >= 0.3 is 45.7 Å². The van der Waals surface area contributed by atoms with E-state index < -0.39 is 0 Å². The third-order valence-corrected chi connectivity index (χ3v) is 3.05. The van der Waals surface area contributed by atoms with E-state index in [0.29, 0.717) is 0 Å². The Morgan fingerprint density at radius 2 is 1.80 bits per heavy atom. The van der Waals surface area contributed by atoms with Crippen LogP contribution in [0.2, 0.25) is 3.93 Å². The van der Waals surface area contributed by atoms with E-state index >= 15 is 0 Å². The molecular formula is C4H8Sn. The summed E-state index contributed by atoms with van der Waals surface area (Å²) in [6.07, 6.45) is 4.61. The van der Waals surface area contributed by atoms with Crippen molar-refractivity contribution in [1.82, 2.24) is 0 Å². The Labute approximate surface area is 46.0 Å². The number of hydrogen-bond acceptors (Lipinski definition) is 0. The molecule has 1 heteroatoms. The van der Waals surface area contributed by atoms with Crippen LogP contribution in [0.3, 0.4) is 0 Å². The van der Waals surface area contributed by atoms with Crippen molar-refractivity contribution < 1.29 is 0 Å². The van der Waals surface area contributed by atoms with Crippen molar-refractivity contribution in [2.75, 3.05) is 0 Å². The van der Waals surface area contributed by atoms with Gasteiger partial charge in [0.2, 0.25) is 0 Å². The van der Waals surface area contributed by atoms with Crippen LogP contribution in [0.15, 0.2) is 0 Å². The molecule has 1 fully saturated rings. The molecule has 1 aliphatic carbocycles. The summed E-state index contributed by atoms with van der Waals surface area (Å²) in [6.45, 7) is 0. The number of rotatable bonds is 0. The summed E-state index contributed by atoms with van der Waals surface area (Å²) in [6, 6.07) is 0. The fourth-order valence-corrected chi connectivity index (χ4v) is 1.79. The molecule has 0 aromatic heterocycles. The molecule has 0 bridgehead atoms. The standard InChI is InChI=1S/C4H7.Sn.H/c1-2-4-3-1;;/h1H,2-4H2;;. The van der Waals surface area contributed by atoms with Crippen LogP contribution in [0.5, 0.6) is 0 Å². The summed E-state index contributed by atoms with van der Waals surface area (Å²) in [5.41, 5.74) is 0. The fourth-order valence-electron chi connectivity index (χ4n) is 0.440. The first-order valence-electron chi connectivity index (χ1n) is 2.15. The second kappa shape index (κ2) is 1.50. The maximum absolute atomic E-state index is 1.54. The van der Waals surface area contributed by atoms with E-state index in [1.54, 1.807) is 12.8 Å². The van der Waals surface area contributed by atoms with E-state index in [9.17, 15) is 0 Å². The third kappa shape index (κ3) is 0.813. The second-order valence-electron chi connectivity index (χ2n) is 1.69. The molecule has 0 heterocycles. The zero-order valence-electron chi connectivity index (χ0n) is 3.28. The first-order valence-corrected chi connectivity index (χ1v) is 4.05. The van der Waals surface area contributed by atoms with Crippen LogP contribution in [-0.4, -0.2) is 22.5 Å². The van der Waals surface area contributed by atoms with E-state index in [1.165, 1.54) is 32.9 Å². The molecule has 0 N–H and O–H groups in total. The summed E-state index contributed by atoms with van der Waals surface area (Å²) in [4.78, 5) is 0. The molecule has 0 atom stereocenters. The van der Waals surface area contributed by atoms with Crippen LogP contribution in [0.4, 0.5) is 0 Å². The Hall–Kier alpha value is 0.799. The molecule has 1 saturated carbocycles. The number of hydrogen-bond donors (Lipinski definition) is 0. The van der Waals surface area contributed by atoms with Crippen LogP contribution >= 0.6 is 0 Å². The normalized spacial score (nSPS) is 25.8. The van der Waals surface area contributed by atoms with Crippen LogP contribution in [0, 0.1) is 0 Å². The van der Waals surface area contributed by atoms with Gasteiger partial charge in [-0.3, -0.25) is 0 Å². The average molecular weight is 175 g/mol. The maximum atomic E-state index is 1.54. The Balaban J connectivity index is 2.08. The molecule has 0 aromatic rings. The second-order valence-corrected chi connectivity index (χ2v) is 4.38. The summed E-state index contributed by atoms with van der Waals surface area (Å²) in [5, 5.41) is 0. The van der Waals surface area contributed by atoms with Crippen molar-refractivity contribution in [1.29, 1.82) is 0 Å². The van der Waals surface area contributed by atoms with Crippen molar-refractivity contribution in [3.63, 3.8) is 0 Å². The Bertz CT molecular complexity index is 30.6. The molecule has 5 heavy (non-hydrogen) atoms. The SMILES string of the molecule is [SnH][CH]1CCC1. The molecule has 2 radical (unpaired) electrons. The molecule has 1 rings (SSSR count). The van der Waals surface area contributed by atoms with Crippen LogP contribution in [0.25, 0.3) is 0 Å². The van der Waals surface area contributed by atoms with Crippen LogP contribution < -0.4 is 0 Å². The monoisotopic (exact) mass is 176 g/mol. The molecule has 0 aliphatic heterocycles. The van der Waals surface area contributed by atoms with Crippen LogP contribution in [0.1, 0.15) is 19.3 Å². The molecule has 0 amide bonds. The van der Waals surface area contributed by atoms with Gasteiger partial charge in [0.05, 0.1) is 0 Å². The van der Waals surface area contributed by atoms with E-state index in [2.05, 4.69) is 0 Å². The van der Waals surface area contributed by atoms with Crippen molar-refractivity contribution in [3.05, 3.63) is 0 Å². The zero-order valence-corrected chi connectivity index (χ0v) is 6.57. The third-order valence-electron chi connectivity index (χ3n) is 1.15. The van der Waals surface area contributed by atoms with E-state index in [4.69, 9.17) is 0 Å². The quantitative estimate of drug-likeness (QED) is 0.478. The summed E-state index contributed by atoms with van der Waals surface area (Å²) in [7, 11) is 0. The van der Waals surface area contributed by atoms with Crippen molar-refractivity contribution in [3.8, 4) is 0 Å². The molecule has 28 valence electrons.